The number of aliphatic hydroxyl groups excluding tert-OH is 1. The molecule has 0 fully saturated rings. The number of hydrogen-bond donors (Lipinski definition) is 6. The van der Waals surface area contributed by atoms with Crippen LogP contribution in [0.25, 0.3) is 10.9 Å². The van der Waals surface area contributed by atoms with Crippen LogP contribution in [0.3, 0.4) is 0 Å². The maximum atomic E-state index is 13.0. The Labute approximate surface area is 274 Å². The predicted octanol–water partition coefficient (Wildman–Crippen LogP) is 1.28. The van der Waals surface area contributed by atoms with E-state index in [1.54, 1.807) is 18.2 Å². The molecular weight excluding hydrogens is 626 g/mol. The minimum Gasteiger partial charge on any atom is -0.481 e. The molecule has 6 N–H and O–H groups in total. The second-order valence-corrected chi connectivity index (χ2v) is 11.4. The van der Waals surface area contributed by atoms with E-state index in [2.05, 4.69) is 21.2 Å². The molecule has 0 unspecified atom stereocenters. The number of nitrogens with zero attached hydrogens (tertiary/aromatic N) is 3. The number of carbonyl (C=O) groups is 5. The fourth-order valence-corrected chi connectivity index (χ4v) is 5.81. The van der Waals surface area contributed by atoms with E-state index in [9.17, 15) is 44.1 Å². The van der Waals surface area contributed by atoms with Gasteiger partial charge >= 0.3 is 17.9 Å². The first-order chi connectivity index (χ1) is 22.8. The van der Waals surface area contributed by atoms with Crippen molar-refractivity contribution in [2.24, 2.45) is 0 Å². The number of hydrogen-bond acceptors (Lipinski definition) is 9. The van der Waals surface area contributed by atoms with Gasteiger partial charge in [0, 0.05) is 31.1 Å². The van der Waals surface area contributed by atoms with Gasteiger partial charge in [0.1, 0.15) is 24.5 Å². The molecule has 0 aliphatic heterocycles. The molecule has 3 atom stereocenters. The number of anilines is 1. The summed E-state index contributed by atoms with van der Waals surface area (Å²) in [4.78, 5) is 82.3. The van der Waals surface area contributed by atoms with Crippen molar-refractivity contribution < 1.29 is 44.4 Å². The Balaban J connectivity index is 1.45. The number of carboxylic acids is 3. The Morgan fingerprint density at radius 2 is 1.77 bits per heavy atom. The number of carbonyl (C=O) groups excluding carboxylic acids is 2. The van der Waals surface area contributed by atoms with Gasteiger partial charge in [-0.3, -0.25) is 19.2 Å². The summed E-state index contributed by atoms with van der Waals surface area (Å²) in [5.74, 6) is -2.62. The van der Waals surface area contributed by atoms with Crippen LogP contribution in [0.2, 0.25) is 0 Å². The normalized spacial score (nSPS) is 14.7. The van der Waals surface area contributed by atoms with E-state index in [1.165, 1.54) is 19.2 Å². The minimum atomic E-state index is -1.47. The summed E-state index contributed by atoms with van der Waals surface area (Å²) in [6.07, 6.45) is 5.57. The Hall–Kier alpha value is -5.75. The zero-order chi connectivity index (χ0) is 35.1. The van der Waals surface area contributed by atoms with Gasteiger partial charge in [-0.25, -0.2) is 14.6 Å². The van der Waals surface area contributed by atoms with E-state index >= 15 is 0 Å². The van der Waals surface area contributed by atoms with Gasteiger partial charge in [0.15, 0.2) is 0 Å². The molecule has 252 valence electrons. The Morgan fingerprint density at radius 1 is 1.06 bits per heavy atom. The predicted molar refractivity (Wildman–Crippen MR) is 171 cm³/mol. The summed E-state index contributed by atoms with van der Waals surface area (Å²) < 4.78 is 0. The van der Waals surface area contributed by atoms with E-state index in [0.717, 1.165) is 16.0 Å². The zero-order valence-corrected chi connectivity index (χ0v) is 26.0. The van der Waals surface area contributed by atoms with Crippen LogP contribution in [-0.4, -0.2) is 90.7 Å². The van der Waals surface area contributed by atoms with Crippen LogP contribution in [0.4, 0.5) is 5.69 Å². The molecule has 2 aromatic carbocycles. The van der Waals surface area contributed by atoms with Crippen LogP contribution >= 0.6 is 0 Å². The van der Waals surface area contributed by atoms with Gasteiger partial charge in [0.05, 0.1) is 23.5 Å². The largest absolute Gasteiger partial charge is 0.481 e. The second-order valence-electron chi connectivity index (χ2n) is 11.4. The number of aromatic amines is 1. The van der Waals surface area contributed by atoms with Crippen molar-refractivity contribution in [2.45, 2.75) is 63.3 Å². The fraction of sp³-hybridized carbons (Fsp3) is 0.364. The molecule has 15 heteroatoms. The highest BCUT2D eigenvalue weighted by atomic mass is 16.4. The van der Waals surface area contributed by atoms with Crippen LogP contribution in [0.5, 0.6) is 0 Å². The van der Waals surface area contributed by atoms with Gasteiger partial charge in [0.25, 0.3) is 11.5 Å². The topological polar surface area (TPSA) is 231 Å². The van der Waals surface area contributed by atoms with Crippen molar-refractivity contribution in [1.82, 2.24) is 20.2 Å². The molecule has 0 bridgehead atoms. The number of carboxylic acid groups (broad SMARTS) is 3. The number of rotatable bonds is 15. The molecule has 1 heterocycles. The highest BCUT2D eigenvalue weighted by molar-refractivity contribution is 5.97. The summed E-state index contributed by atoms with van der Waals surface area (Å²) in [6, 6.07) is 6.92. The minimum absolute atomic E-state index is 0.142. The SMILES string of the molecule is C#CCN(c1ccc(C(=O)N[C@@H](CCC(=O)N(C)[C@H](CCC(=O)O)C(=O)O)C(=O)O)cc1)[C@H]1CCc2cc3nc(CO)[nH]c(=O)c3cc21. The van der Waals surface area contributed by atoms with Gasteiger partial charge in [-0.15, -0.1) is 6.42 Å². The van der Waals surface area contributed by atoms with Crippen molar-refractivity contribution in [3.05, 3.63) is 69.3 Å². The lowest BCUT2D eigenvalue weighted by Crippen LogP contribution is -2.45. The zero-order valence-electron chi connectivity index (χ0n) is 26.0. The highest BCUT2D eigenvalue weighted by Crippen LogP contribution is 2.39. The summed E-state index contributed by atoms with van der Waals surface area (Å²) >= 11 is 0. The molecule has 48 heavy (non-hydrogen) atoms. The monoisotopic (exact) mass is 661 g/mol. The van der Waals surface area contributed by atoms with Crippen molar-refractivity contribution in [2.75, 3.05) is 18.5 Å². The maximum absolute atomic E-state index is 13.0. The fourth-order valence-electron chi connectivity index (χ4n) is 5.81. The number of H-pyrrole nitrogens is 1. The highest BCUT2D eigenvalue weighted by Gasteiger charge is 2.31. The number of terminal acetylenes is 1. The molecule has 0 saturated heterocycles. The van der Waals surface area contributed by atoms with Crippen molar-refractivity contribution >= 4 is 46.3 Å². The van der Waals surface area contributed by atoms with Gasteiger partial charge < -0.3 is 40.5 Å². The standard InChI is InChI=1S/C33H35N5O10/c1-3-14-38(25-10-6-19-15-24-22(16-21(19)25)31(44)36-27(17-39)34-24)20-7-4-18(5-8-20)30(43)35-23(32(45)46)9-12-28(40)37(2)26(33(47)48)11-13-29(41)42/h1,4-5,7-8,15-16,23,25-26,39H,6,9-14,17H2,2H3,(H,35,43)(H,41,42)(H,45,46)(H,47,48)(H,34,36,44)/t23-,25-,26+/m0/s1. The van der Waals surface area contributed by atoms with Crippen LogP contribution in [-0.2, 0) is 32.2 Å². The smallest absolute Gasteiger partial charge is 0.326 e. The lowest BCUT2D eigenvalue weighted by molar-refractivity contribution is -0.150. The summed E-state index contributed by atoms with van der Waals surface area (Å²) in [6.45, 7) is -0.177. The number of aliphatic carboxylic acids is 3. The molecular formula is C33H35N5O10. The van der Waals surface area contributed by atoms with Crippen LogP contribution < -0.4 is 15.8 Å². The number of likely N-dealkylation sites (N-methyl/N-ethyl adjacent to an activating group) is 1. The number of amides is 2. The summed E-state index contributed by atoms with van der Waals surface area (Å²) in [7, 11) is 1.19. The Morgan fingerprint density at radius 3 is 2.38 bits per heavy atom. The van der Waals surface area contributed by atoms with E-state index in [0.29, 0.717) is 29.4 Å². The molecule has 15 nitrogen and oxygen atoms in total. The van der Waals surface area contributed by atoms with Gasteiger partial charge in [-0.1, -0.05) is 5.92 Å². The number of fused-ring (bicyclic) bond motifs is 2. The number of benzene rings is 2. The molecule has 0 spiro atoms. The third kappa shape index (κ3) is 7.96. The molecule has 1 aromatic heterocycles. The molecule has 2 amide bonds. The first-order valence-corrected chi connectivity index (χ1v) is 15.0. The first-order valence-electron chi connectivity index (χ1n) is 15.0. The molecule has 3 aromatic rings. The molecule has 0 radical (unpaired) electrons. The van der Waals surface area contributed by atoms with Crippen molar-refractivity contribution in [3.8, 4) is 12.3 Å². The number of aryl methyl sites for hydroxylation is 1. The number of aliphatic hydroxyl groups is 1. The molecule has 4 rings (SSSR count). The quantitative estimate of drug-likeness (QED) is 0.127. The lowest BCUT2D eigenvalue weighted by Gasteiger charge is -2.30. The molecule has 1 aliphatic carbocycles. The summed E-state index contributed by atoms with van der Waals surface area (Å²) in [5, 5.41) is 40.1. The molecule has 1 aliphatic rings. The third-order valence-electron chi connectivity index (χ3n) is 8.34. The molecule has 0 saturated carbocycles. The summed E-state index contributed by atoms with van der Waals surface area (Å²) in [5.41, 5.74) is 2.85. The first kappa shape index (κ1) is 35.1. The van der Waals surface area contributed by atoms with Gasteiger partial charge in [-0.2, -0.15) is 0 Å². The van der Waals surface area contributed by atoms with Crippen molar-refractivity contribution in [1.29, 1.82) is 0 Å². The Kier molecular flexibility index (Phi) is 11.1. The number of nitrogens with one attached hydrogen (secondary N) is 2. The average molecular weight is 662 g/mol. The third-order valence-corrected chi connectivity index (χ3v) is 8.34. The average Bonchev–Trinajstić information content (AvgIpc) is 3.46. The number of aromatic nitrogens is 2. The van der Waals surface area contributed by atoms with Gasteiger partial charge in [0.2, 0.25) is 5.91 Å². The van der Waals surface area contributed by atoms with Crippen LogP contribution in [0, 0.1) is 12.3 Å². The van der Waals surface area contributed by atoms with Crippen LogP contribution in [0.15, 0.2) is 41.2 Å². The van der Waals surface area contributed by atoms with Crippen molar-refractivity contribution in [3.63, 3.8) is 0 Å². The van der Waals surface area contributed by atoms with Gasteiger partial charge in [-0.05, 0) is 73.2 Å². The van der Waals surface area contributed by atoms with E-state index in [4.69, 9.17) is 11.5 Å². The second kappa shape index (κ2) is 15.2. The van der Waals surface area contributed by atoms with E-state index < -0.39 is 61.3 Å². The van der Waals surface area contributed by atoms with E-state index in [1.807, 2.05) is 11.0 Å². The van der Waals surface area contributed by atoms with E-state index in [-0.39, 0.29) is 42.4 Å². The lowest BCUT2D eigenvalue weighted by atomic mass is 10.0. The van der Waals surface area contributed by atoms with Crippen LogP contribution in [0.1, 0.15) is 65.5 Å². The maximum Gasteiger partial charge on any atom is 0.326 e. The Bertz CT molecular complexity index is 1830.